The number of likely N-dealkylation sites (tertiary alicyclic amines) is 1. The summed E-state index contributed by atoms with van der Waals surface area (Å²) in [6.07, 6.45) is 5.78. The van der Waals surface area contributed by atoms with Crippen LogP contribution in [0.5, 0.6) is 0 Å². The summed E-state index contributed by atoms with van der Waals surface area (Å²) in [5.74, 6) is 0.807. The number of thiocarbonyl (C=S) groups is 1. The lowest BCUT2D eigenvalue weighted by molar-refractivity contribution is 0.180. The quantitative estimate of drug-likeness (QED) is 0.816. The largest absolute Gasteiger partial charge is 0.389 e. The van der Waals surface area contributed by atoms with Crippen LogP contribution in [-0.2, 0) is 0 Å². The van der Waals surface area contributed by atoms with Crippen molar-refractivity contribution in [1.82, 2.24) is 9.88 Å². The molecule has 0 aromatic carbocycles. The maximum Gasteiger partial charge on any atom is 0.136 e. The summed E-state index contributed by atoms with van der Waals surface area (Å²) < 4.78 is 0. The van der Waals surface area contributed by atoms with Crippen LogP contribution in [0.2, 0.25) is 0 Å². The zero-order chi connectivity index (χ0) is 14.5. The van der Waals surface area contributed by atoms with Gasteiger partial charge in [-0.1, -0.05) is 18.6 Å². The fourth-order valence-corrected chi connectivity index (χ4v) is 2.99. The van der Waals surface area contributed by atoms with E-state index < -0.39 is 0 Å². The van der Waals surface area contributed by atoms with Crippen LogP contribution in [0.1, 0.15) is 37.3 Å². The molecule has 2 rings (SSSR count). The third kappa shape index (κ3) is 3.67. The summed E-state index contributed by atoms with van der Waals surface area (Å²) in [7, 11) is 0. The number of nitrogens with one attached hydrogen (secondary N) is 1. The molecule has 1 aromatic heterocycles. The van der Waals surface area contributed by atoms with Gasteiger partial charge in [-0.15, -0.1) is 0 Å². The van der Waals surface area contributed by atoms with Crippen molar-refractivity contribution in [2.75, 3.05) is 25.0 Å². The van der Waals surface area contributed by atoms with Gasteiger partial charge in [0.2, 0.25) is 0 Å². The van der Waals surface area contributed by atoms with E-state index in [4.69, 9.17) is 18.0 Å². The van der Waals surface area contributed by atoms with E-state index in [9.17, 15) is 0 Å². The first-order chi connectivity index (χ1) is 9.59. The van der Waals surface area contributed by atoms with Gasteiger partial charge < -0.3 is 11.1 Å². The Bertz CT molecular complexity index is 469. The van der Waals surface area contributed by atoms with Gasteiger partial charge in [-0.25, -0.2) is 4.98 Å². The molecule has 4 nitrogen and oxygen atoms in total. The third-order valence-electron chi connectivity index (χ3n) is 3.98. The molecule has 1 fully saturated rings. The highest BCUT2D eigenvalue weighted by molar-refractivity contribution is 7.80. The van der Waals surface area contributed by atoms with Crippen LogP contribution in [0.3, 0.4) is 0 Å². The average Bonchev–Trinajstić information content (AvgIpc) is 2.45. The highest BCUT2D eigenvalue weighted by Gasteiger charge is 2.17. The summed E-state index contributed by atoms with van der Waals surface area (Å²) in [6.45, 7) is 7.54. The Morgan fingerprint density at radius 3 is 2.80 bits per heavy atom. The van der Waals surface area contributed by atoms with Gasteiger partial charge in [-0.3, -0.25) is 4.90 Å². The topological polar surface area (TPSA) is 54.2 Å². The molecule has 2 heterocycles. The minimum Gasteiger partial charge on any atom is -0.389 e. The molecule has 0 radical (unpaired) electrons. The van der Waals surface area contributed by atoms with Crippen molar-refractivity contribution < 1.29 is 0 Å². The molecule has 0 aliphatic carbocycles. The second-order valence-corrected chi connectivity index (χ2v) is 5.98. The van der Waals surface area contributed by atoms with Gasteiger partial charge in [-0.2, -0.15) is 0 Å². The Labute approximate surface area is 126 Å². The molecule has 1 aliphatic heterocycles. The van der Waals surface area contributed by atoms with Crippen molar-refractivity contribution in [3.05, 3.63) is 23.4 Å². The van der Waals surface area contributed by atoms with Crippen LogP contribution in [0.4, 0.5) is 5.82 Å². The van der Waals surface area contributed by atoms with Crippen molar-refractivity contribution >= 4 is 23.0 Å². The number of nitrogens with two attached hydrogens (primary N) is 1. The Kier molecular flexibility index (Phi) is 5.31. The van der Waals surface area contributed by atoms with E-state index in [1.165, 1.54) is 32.4 Å². The number of pyridine rings is 1. The molecule has 1 atom stereocenters. The molecule has 110 valence electrons. The molecule has 5 heteroatoms. The summed E-state index contributed by atoms with van der Waals surface area (Å²) in [4.78, 5) is 7.32. The van der Waals surface area contributed by atoms with E-state index in [2.05, 4.69) is 22.1 Å². The number of hydrogen-bond acceptors (Lipinski definition) is 4. The second-order valence-electron chi connectivity index (χ2n) is 5.54. The zero-order valence-electron chi connectivity index (χ0n) is 12.4. The zero-order valence-corrected chi connectivity index (χ0v) is 13.2. The SMILES string of the molecule is Cc1ccnc(NCC(C)N2CCCCC2)c1C(N)=S. The lowest BCUT2D eigenvalue weighted by Gasteiger charge is -2.32. The lowest BCUT2D eigenvalue weighted by Crippen LogP contribution is -2.41. The number of rotatable bonds is 5. The molecule has 1 saturated heterocycles. The minimum atomic E-state index is 0.406. The number of nitrogens with zero attached hydrogens (tertiary/aromatic N) is 2. The van der Waals surface area contributed by atoms with Crippen molar-refractivity contribution in [2.24, 2.45) is 5.73 Å². The lowest BCUT2D eigenvalue weighted by atomic mass is 10.1. The number of hydrogen-bond donors (Lipinski definition) is 2. The fraction of sp³-hybridized carbons (Fsp3) is 0.600. The number of anilines is 1. The molecule has 1 aromatic rings. The number of piperidine rings is 1. The molecule has 20 heavy (non-hydrogen) atoms. The molecular weight excluding hydrogens is 268 g/mol. The maximum atomic E-state index is 5.81. The average molecular weight is 292 g/mol. The van der Waals surface area contributed by atoms with Gasteiger partial charge in [0.1, 0.15) is 10.8 Å². The molecular formula is C15H24N4S. The highest BCUT2D eigenvalue weighted by atomic mass is 32.1. The summed E-state index contributed by atoms with van der Waals surface area (Å²) in [5, 5.41) is 3.41. The summed E-state index contributed by atoms with van der Waals surface area (Å²) >= 11 is 5.13. The first-order valence-electron chi connectivity index (χ1n) is 7.33. The normalized spacial score (nSPS) is 17.7. The van der Waals surface area contributed by atoms with E-state index >= 15 is 0 Å². The van der Waals surface area contributed by atoms with Crippen molar-refractivity contribution in [1.29, 1.82) is 0 Å². The first kappa shape index (κ1) is 15.2. The van der Waals surface area contributed by atoms with Gasteiger partial charge in [0.15, 0.2) is 0 Å². The monoisotopic (exact) mass is 292 g/mol. The van der Waals surface area contributed by atoms with Gasteiger partial charge in [0.05, 0.1) is 5.56 Å². The van der Waals surface area contributed by atoms with E-state index in [0.717, 1.165) is 23.5 Å². The molecule has 1 unspecified atom stereocenters. The first-order valence-corrected chi connectivity index (χ1v) is 7.73. The van der Waals surface area contributed by atoms with E-state index in [1.54, 1.807) is 6.20 Å². The van der Waals surface area contributed by atoms with Gasteiger partial charge in [0.25, 0.3) is 0 Å². The van der Waals surface area contributed by atoms with Gasteiger partial charge in [-0.05, 0) is 51.4 Å². The number of aryl methyl sites for hydroxylation is 1. The van der Waals surface area contributed by atoms with Crippen LogP contribution >= 0.6 is 12.2 Å². The van der Waals surface area contributed by atoms with Crippen LogP contribution in [0, 0.1) is 6.92 Å². The van der Waals surface area contributed by atoms with E-state index in [0.29, 0.717) is 11.0 Å². The van der Waals surface area contributed by atoms with Crippen molar-refractivity contribution in [2.45, 2.75) is 39.2 Å². The van der Waals surface area contributed by atoms with E-state index in [1.807, 2.05) is 13.0 Å². The van der Waals surface area contributed by atoms with Crippen LogP contribution in [0.25, 0.3) is 0 Å². The van der Waals surface area contributed by atoms with Crippen molar-refractivity contribution in [3.63, 3.8) is 0 Å². The molecule has 3 N–H and O–H groups in total. The highest BCUT2D eigenvalue weighted by Crippen LogP contribution is 2.17. The Morgan fingerprint density at radius 2 is 2.15 bits per heavy atom. The predicted octanol–water partition coefficient (Wildman–Crippen LogP) is 2.31. The molecule has 0 spiro atoms. The third-order valence-corrected chi connectivity index (χ3v) is 4.19. The molecule has 0 amide bonds. The van der Waals surface area contributed by atoms with Gasteiger partial charge >= 0.3 is 0 Å². The number of aromatic nitrogens is 1. The maximum absolute atomic E-state index is 5.81. The van der Waals surface area contributed by atoms with E-state index in [-0.39, 0.29) is 0 Å². The van der Waals surface area contributed by atoms with Crippen LogP contribution in [-0.4, -0.2) is 40.5 Å². The van der Waals surface area contributed by atoms with Crippen LogP contribution < -0.4 is 11.1 Å². The fourth-order valence-electron chi connectivity index (χ4n) is 2.74. The van der Waals surface area contributed by atoms with Crippen LogP contribution in [0.15, 0.2) is 12.3 Å². The smallest absolute Gasteiger partial charge is 0.136 e. The predicted molar refractivity (Wildman–Crippen MR) is 88.2 cm³/mol. The second kappa shape index (κ2) is 6.99. The summed E-state index contributed by atoms with van der Waals surface area (Å²) in [5.41, 5.74) is 7.74. The molecule has 0 bridgehead atoms. The Morgan fingerprint density at radius 1 is 1.45 bits per heavy atom. The molecule has 0 saturated carbocycles. The van der Waals surface area contributed by atoms with Crippen molar-refractivity contribution in [3.8, 4) is 0 Å². The Hall–Kier alpha value is -1.20. The standard InChI is InChI=1S/C15H24N4S/c1-11-6-7-17-15(13(11)14(16)20)18-10-12(2)19-8-4-3-5-9-19/h6-7,12H,3-5,8-10H2,1-2H3,(H2,16,20)(H,17,18). The Balaban J connectivity index is 2.00. The minimum absolute atomic E-state index is 0.406. The molecule has 1 aliphatic rings. The van der Waals surface area contributed by atoms with Gasteiger partial charge in [0, 0.05) is 18.8 Å². The summed E-state index contributed by atoms with van der Waals surface area (Å²) in [6, 6.07) is 2.44.